The number of carbonyl (C=O) groups is 2. The number of nitrogens with zero attached hydrogens (tertiary/aromatic N) is 1. The number of anilines is 2. The van der Waals surface area contributed by atoms with Gasteiger partial charge in [-0.05, 0) is 43.2 Å². The molecule has 25 heavy (non-hydrogen) atoms. The zero-order valence-corrected chi connectivity index (χ0v) is 14.7. The molecule has 1 heterocycles. The van der Waals surface area contributed by atoms with Gasteiger partial charge in [0.25, 0.3) is 5.91 Å². The largest absolute Gasteiger partial charge is 0.462 e. The maximum Gasteiger partial charge on any atom is 0.338 e. The SMILES string of the molecule is CCOC(=O)c1ccc(Nc2cncc(C(=O)NCC(C)C)c2)cc1. The highest BCUT2D eigenvalue weighted by Gasteiger charge is 2.09. The molecule has 132 valence electrons. The van der Waals surface area contributed by atoms with Gasteiger partial charge in [-0.3, -0.25) is 9.78 Å². The highest BCUT2D eigenvalue weighted by Crippen LogP contribution is 2.18. The number of ether oxygens (including phenoxy) is 1. The quantitative estimate of drug-likeness (QED) is 0.755. The van der Waals surface area contributed by atoms with Crippen molar-refractivity contribution < 1.29 is 14.3 Å². The normalized spacial score (nSPS) is 10.4. The van der Waals surface area contributed by atoms with Gasteiger partial charge in [-0.25, -0.2) is 4.79 Å². The fraction of sp³-hybridized carbons (Fsp3) is 0.316. The van der Waals surface area contributed by atoms with E-state index in [1.807, 2.05) is 13.8 Å². The Labute approximate surface area is 147 Å². The lowest BCUT2D eigenvalue weighted by Crippen LogP contribution is -2.27. The zero-order valence-electron chi connectivity index (χ0n) is 14.7. The van der Waals surface area contributed by atoms with Gasteiger partial charge in [0.2, 0.25) is 0 Å². The Morgan fingerprint density at radius 1 is 1.08 bits per heavy atom. The summed E-state index contributed by atoms with van der Waals surface area (Å²) >= 11 is 0. The minimum Gasteiger partial charge on any atom is -0.462 e. The Kier molecular flexibility index (Phi) is 6.51. The van der Waals surface area contributed by atoms with E-state index in [9.17, 15) is 9.59 Å². The lowest BCUT2D eigenvalue weighted by molar-refractivity contribution is 0.0526. The third-order valence-corrected chi connectivity index (χ3v) is 3.36. The molecule has 0 unspecified atom stereocenters. The summed E-state index contributed by atoms with van der Waals surface area (Å²) in [5.74, 6) is -0.113. The van der Waals surface area contributed by atoms with Crippen LogP contribution in [-0.4, -0.2) is 30.0 Å². The van der Waals surface area contributed by atoms with Crippen molar-refractivity contribution in [1.29, 1.82) is 0 Å². The van der Waals surface area contributed by atoms with Gasteiger partial charge in [0.05, 0.1) is 29.6 Å². The zero-order chi connectivity index (χ0) is 18.2. The second kappa shape index (κ2) is 8.82. The minimum atomic E-state index is -0.348. The van der Waals surface area contributed by atoms with E-state index in [2.05, 4.69) is 15.6 Å². The van der Waals surface area contributed by atoms with Gasteiger partial charge in [0.1, 0.15) is 0 Å². The number of carbonyl (C=O) groups excluding carboxylic acids is 2. The lowest BCUT2D eigenvalue weighted by Gasteiger charge is -2.10. The van der Waals surface area contributed by atoms with E-state index in [0.29, 0.717) is 35.9 Å². The van der Waals surface area contributed by atoms with E-state index in [1.165, 1.54) is 6.20 Å². The summed E-state index contributed by atoms with van der Waals surface area (Å²) in [6.45, 7) is 6.81. The van der Waals surface area contributed by atoms with Crippen molar-refractivity contribution in [1.82, 2.24) is 10.3 Å². The van der Waals surface area contributed by atoms with E-state index in [1.54, 1.807) is 43.5 Å². The van der Waals surface area contributed by atoms with Gasteiger partial charge in [-0.1, -0.05) is 13.8 Å². The van der Waals surface area contributed by atoms with E-state index < -0.39 is 0 Å². The molecule has 1 aromatic carbocycles. The van der Waals surface area contributed by atoms with Gasteiger partial charge in [-0.2, -0.15) is 0 Å². The van der Waals surface area contributed by atoms with Crippen LogP contribution in [0.4, 0.5) is 11.4 Å². The molecule has 1 amide bonds. The molecule has 0 bridgehead atoms. The van der Waals surface area contributed by atoms with Crippen LogP contribution in [0.3, 0.4) is 0 Å². The molecule has 0 aliphatic heterocycles. The summed E-state index contributed by atoms with van der Waals surface area (Å²) in [5.41, 5.74) is 2.47. The number of pyridine rings is 1. The van der Waals surface area contributed by atoms with Crippen LogP contribution in [0, 0.1) is 5.92 Å². The molecule has 0 aliphatic carbocycles. The van der Waals surface area contributed by atoms with E-state index in [-0.39, 0.29) is 11.9 Å². The summed E-state index contributed by atoms with van der Waals surface area (Å²) < 4.78 is 4.95. The van der Waals surface area contributed by atoms with Crippen molar-refractivity contribution >= 4 is 23.3 Å². The molecule has 0 saturated heterocycles. The summed E-state index contributed by atoms with van der Waals surface area (Å²) in [6.07, 6.45) is 3.17. The van der Waals surface area contributed by atoms with Gasteiger partial charge < -0.3 is 15.4 Å². The first-order chi connectivity index (χ1) is 12.0. The van der Waals surface area contributed by atoms with Crippen LogP contribution in [0.1, 0.15) is 41.5 Å². The third kappa shape index (κ3) is 5.60. The van der Waals surface area contributed by atoms with Gasteiger partial charge in [0.15, 0.2) is 0 Å². The van der Waals surface area contributed by atoms with Crippen molar-refractivity contribution in [2.75, 3.05) is 18.5 Å². The first-order valence-electron chi connectivity index (χ1n) is 8.27. The molecular weight excluding hydrogens is 318 g/mol. The summed E-state index contributed by atoms with van der Waals surface area (Å²) in [4.78, 5) is 27.9. The standard InChI is InChI=1S/C19H23N3O3/c1-4-25-19(24)14-5-7-16(8-6-14)22-17-9-15(11-20-12-17)18(23)21-10-13(2)3/h5-9,11-13,22H,4,10H2,1-3H3,(H,21,23). The van der Waals surface area contributed by atoms with E-state index in [0.717, 1.165) is 5.69 Å². The summed E-state index contributed by atoms with van der Waals surface area (Å²) in [6, 6.07) is 8.66. The topological polar surface area (TPSA) is 80.3 Å². The van der Waals surface area contributed by atoms with E-state index in [4.69, 9.17) is 4.74 Å². The van der Waals surface area contributed by atoms with Crippen LogP contribution in [-0.2, 0) is 4.74 Å². The van der Waals surface area contributed by atoms with Gasteiger partial charge in [0, 0.05) is 18.4 Å². The van der Waals surface area contributed by atoms with Crippen molar-refractivity contribution in [3.8, 4) is 0 Å². The van der Waals surface area contributed by atoms with Crippen molar-refractivity contribution in [2.24, 2.45) is 5.92 Å². The Bertz CT molecular complexity index is 727. The highest BCUT2D eigenvalue weighted by atomic mass is 16.5. The number of aromatic nitrogens is 1. The van der Waals surface area contributed by atoms with Gasteiger partial charge in [-0.15, -0.1) is 0 Å². The van der Waals surface area contributed by atoms with Gasteiger partial charge >= 0.3 is 5.97 Å². The average molecular weight is 341 g/mol. The van der Waals surface area contributed by atoms with Crippen LogP contribution >= 0.6 is 0 Å². The fourth-order valence-electron chi connectivity index (χ4n) is 2.10. The number of benzene rings is 1. The molecule has 6 heteroatoms. The third-order valence-electron chi connectivity index (χ3n) is 3.36. The van der Waals surface area contributed by atoms with Crippen LogP contribution in [0.25, 0.3) is 0 Å². The maximum absolute atomic E-state index is 12.1. The smallest absolute Gasteiger partial charge is 0.338 e. The predicted octanol–water partition coefficient (Wildman–Crippen LogP) is 3.39. The Hall–Kier alpha value is -2.89. The van der Waals surface area contributed by atoms with Crippen LogP contribution in [0.5, 0.6) is 0 Å². The molecule has 0 aliphatic rings. The molecule has 0 atom stereocenters. The molecule has 2 aromatic rings. The Balaban J connectivity index is 2.04. The lowest BCUT2D eigenvalue weighted by atomic mass is 10.2. The minimum absolute atomic E-state index is 0.150. The van der Waals surface area contributed by atoms with Crippen molar-refractivity contribution in [3.05, 3.63) is 53.9 Å². The molecule has 2 rings (SSSR count). The first kappa shape index (κ1) is 18.4. The van der Waals surface area contributed by atoms with Crippen molar-refractivity contribution in [3.63, 3.8) is 0 Å². The molecule has 0 radical (unpaired) electrons. The number of hydrogen-bond donors (Lipinski definition) is 2. The summed E-state index contributed by atoms with van der Waals surface area (Å²) in [5, 5.41) is 6.03. The monoisotopic (exact) mass is 341 g/mol. The number of nitrogens with one attached hydrogen (secondary N) is 2. The number of esters is 1. The molecule has 0 fully saturated rings. The van der Waals surface area contributed by atoms with Crippen molar-refractivity contribution in [2.45, 2.75) is 20.8 Å². The average Bonchev–Trinajstić information content (AvgIpc) is 2.60. The molecule has 2 N–H and O–H groups in total. The Morgan fingerprint density at radius 2 is 1.80 bits per heavy atom. The van der Waals surface area contributed by atoms with Crippen LogP contribution < -0.4 is 10.6 Å². The molecule has 0 saturated carbocycles. The second-order valence-electron chi connectivity index (χ2n) is 5.99. The first-order valence-corrected chi connectivity index (χ1v) is 8.27. The highest BCUT2D eigenvalue weighted by molar-refractivity contribution is 5.95. The van der Waals surface area contributed by atoms with Crippen LogP contribution in [0.2, 0.25) is 0 Å². The number of rotatable bonds is 7. The molecule has 6 nitrogen and oxygen atoms in total. The van der Waals surface area contributed by atoms with Crippen LogP contribution in [0.15, 0.2) is 42.7 Å². The summed E-state index contributed by atoms with van der Waals surface area (Å²) in [7, 11) is 0. The molecule has 0 spiro atoms. The molecule has 1 aromatic heterocycles. The second-order valence-corrected chi connectivity index (χ2v) is 5.99. The maximum atomic E-state index is 12.1. The fourth-order valence-corrected chi connectivity index (χ4v) is 2.10. The van der Waals surface area contributed by atoms with E-state index >= 15 is 0 Å². The molecular formula is C19H23N3O3. The predicted molar refractivity (Wildman–Crippen MR) is 97.1 cm³/mol. The Morgan fingerprint density at radius 3 is 2.44 bits per heavy atom. The number of amides is 1. The number of hydrogen-bond acceptors (Lipinski definition) is 5.